The molecule has 0 radical (unpaired) electrons. The average molecular weight is 1060 g/mol. The van der Waals surface area contributed by atoms with E-state index in [0.717, 1.165) is 64.7 Å². The van der Waals surface area contributed by atoms with E-state index >= 15 is 0 Å². The second kappa shape index (κ2) is 32.4. The van der Waals surface area contributed by atoms with Crippen LogP contribution in [0.2, 0.25) is 0 Å². The van der Waals surface area contributed by atoms with Crippen LogP contribution in [0.5, 0.6) is 0 Å². The summed E-state index contributed by atoms with van der Waals surface area (Å²) in [6.45, 7) is 8.47. The number of aromatic nitrogens is 6. The minimum atomic E-state index is -0.339. The van der Waals surface area contributed by atoms with E-state index < -0.39 is 0 Å². The predicted octanol–water partition coefficient (Wildman–Crippen LogP) is 13.2. The van der Waals surface area contributed by atoms with Gasteiger partial charge in [-0.05, 0) is 105 Å². The van der Waals surface area contributed by atoms with Crippen LogP contribution in [0.3, 0.4) is 0 Å². The van der Waals surface area contributed by atoms with Crippen molar-refractivity contribution in [3.05, 3.63) is 161 Å². The fraction of sp³-hybridized carbons (Fsp3) is 0.476. The molecule has 9 rings (SSSR count). The molecule has 5 aromatic heterocycles. The molecule has 3 aliphatic carbocycles. The molecule has 0 bridgehead atoms. The average Bonchev–Trinajstić information content (AvgIpc) is 3.49. The van der Waals surface area contributed by atoms with Crippen LogP contribution in [0.15, 0.2) is 110 Å². The summed E-state index contributed by atoms with van der Waals surface area (Å²) in [4.78, 5) is 62.3. The lowest BCUT2D eigenvalue weighted by Gasteiger charge is -2.22. The van der Waals surface area contributed by atoms with E-state index in [0.29, 0.717) is 73.9 Å². The summed E-state index contributed by atoms with van der Waals surface area (Å²) in [5.41, 5.74) is 10.6. The van der Waals surface area contributed by atoms with E-state index in [1.807, 2.05) is 68.4 Å². The fourth-order valence-corrected chi connectivity index (χ4v) is 10.5. The van der Waals surface area contributed by atoms with Gasteiger partial charge >= 0.3 is 17.9 Å². The van der Waals surface area contributed by atoms with E-state index in [4.69, 9.17) is 14.2 Å². The Morgan fingerprint density at radius 3 is 1.19 bits per heavy atom. The van der Waals surface area contributed by atoms with Gasteiger partial charge in [-0.2, -0.15) is 0 Å². The Morgan fingerprint density at radius 2 is 0.821 bits per heavy atom. The third kappa shape index (κ3) is 19.3. The summed E-state index contributed by atoms with van der Waals surface area (Å²) in [5, 5.41) is 10.3. The van der Waals surface area contributed by atoms with Crippen molar-refractivity contribution in [1.29, 1.82) is 0 Å². The van der Waals surface area contributed by atoms with Gasteiger partial charge < -0.3 is 30.2 Å². The third-order valence-electron chi connectivity index (χ3n) is 14.7. The van der Waals surface area contributed by atoms with E-state index in [2.05, 4.69) is 58.0 Å². The van der Waals surface area contributed by atoms with Crippen molar-refractivity contribution in [1.82, 2.24) is 29.9 Å². The normalized spacial score (nSPS) is 14.8. The zero-order chi connectivity index (χ0) is 54.6. The number of nitrogens with one attached hydrogen (secondary N) is 3. The number of ether oxygens (including phenoxy) is 3. The van der Waals surface area contributed by atoms with Crippen LogP contribution in [-0.4, -0.2) is 67.6 Å². The van der Waals surface area contributed by atoms with Gasteiger partial charge in [0.2, 0.25) is 0 Å². The van der Waals surface area contributed by atoms with Crippen molar-refractivity contribution in [3.8, 4) is 0 Å². The molecule has 5 heterocycles. The molecule has 0 aliphatic heterocycles. The smallest absolute Gasteiger partial charge is 0.339 e. The van der Waals surface area contributed by atoms with Crippen LogP contribution in [0.25, 0.3) is 0 Å². The first-order chi connectivity index (χ1) is 38.3. The Labute approximate surface area is 462 Å². The highest BCUT2D eigenvalue weighted by atomic mass is 16.5. The van der Waals surface area contributed by atoms with Gasteiger partial charge in [-0.25, -0.2) is 24.4 Å². The van der Waals surface area contributed by atoms with Gasteiger partial charge in [0.25, 0.3) is 0 Å². The molecule has 0 amide bonds. The van der Waals surface area contributed by atoms with Crippen LogP contribution < -0.4 is 16.0 Å². The minimum absolute atomic E-state index is 0.313. The molecular formula is C63H81N9O6. The molecule has 3 N–H and O–H groups in total. The standard InChI is InChI=1S/C22H28N2O2.C21H27N3O2.C20H26N4O2/c1-2-26-22(25)19-14-21(23-15-18-11-7-4-8-12-18)20(24-16-19)13-17-9-5-3-6-10-17;1-2-26-21(25)18-13-20(23-14-17-8-10-22-11-9-17)19(24-15-18)12-16-6-4-3-5-7-16;1-2-26-20(25)16-11-19(23-13-17-8-9-21-14-24-17)18(22-12-16)10-15-6-4-3-5-7-15/h4,7-8,11-12,14,16-17,23H,2-3,5-6,9-10,13,15H2,1H3;8-11,13,15-16,23H,2-7,12,14H2,1H3;8-9,11-12,14-15,23H,2-7,10,13H2,1H3. The third-order valence-corrected chi connectivity index (χ3v) is 14.7. The Balaban J connectivity index is 0.000000170. The largest absolute Gasteiger partial charge is 0.462 e. The molecule has 0 spiro atoms. The Bertz CT molecular complexity index is 2430. The summed E-state index contributed by atoms with van der Waals surface area (Å²) in [6, 6.07) is 21.7. The minimum Gasteiger partial charge on any atom is -0.462 e. The van der Waals surface area contributed by atoms with Gasteiger partial charge in [-0.3, -0.25) is 19.9 Å². The molecule has 15 heteroatoms. The number of esters is 3. The highest BCUT2D eigenvalue weighted by Crippen LogP contribution is 2.32. The number of carbonyl (C=O) groups is 3. The number of benzene rings is 1. The van der Waals surface area contributed by atoms with E-state index in [-0.39, 0.29) is 17.9 Å². The summed E-state index contributed by atoms with van der Waals surface area (Å²) >= 11 is 0. The first-order valence-corrected chi connectivity index (χ1v) is 28.7. The van der Waals surface area contributed by atoms with Crippen molar-refractivity contribution in [2.75, 3.05) is 35.8 Å². The lowest BCUT2D eigenvalue weighted by Crippen LogP contribution is -2.14. The van der Waals surface area contributed by atoms with Crippen LogP contribution in [0, 0.1) is 17.8 Å². The van der Waals surface area contributed by atoms with Crippen LogP contribution in [-0.2, 0) is 53.1 Å². The number of anilines is 3. The molecule has 3 saturated carbocycles. The zero-order valence-electron chi connectivity index (χ0n) is 46.2. The van der Waals surface area contributed by atoms with Crippen LogP contribution >= 0.6 is 0 Å². The van der Waals surface area contributed by atoms with Gasteiger partial charge in [-0.1, -0.05) is 127 Å². The SMILES string of the molecule is CCOC(=O)c1cnc(CC2CCCCC2)c(NCc2ccccc2)c1.CCOC(=O)c1cnc(CC2CCCCC2)c(NCc2ccncc2)c1.CCOC(=O)c1cnc(CC2CCCCC2)c(NCc2ccncn2)c1. The van der Waals surface area contributed by atoms with Gasteiger partial charge in [-0.15, -0.1) is 0 Å². The maximum absolute atomic E-state index is 12.1. The maximum atomic E-state index is 12.1. The zero-order valence-corrected chi connectivity index (χ0v) is 46.2. The van der Waals surface area contributed by atoms with Crippen molar-refractivity contribution in [2.24, 2.45) is 17.8 Å². The number of nitrogens with zero attached hydrogens (tertiary/aromatic N) is 6. The molecule has 0 unspecified atom stereocenters. The Hall–Kier alpha value is -7.29. The Morgan fingerprint density at radius 1 is 0.449 bits per heavy atom. The molecule has 78 heavy (non-hydrogen) atoms. The molecule has 414 valence electrons. The number of rotatable bonds is 21. The molecule has 1 aromatic carbocycles. The van der Waals surface area contributed by atoms with Gasteiger partial charge in [0.15, 0.2) is 0 Å². The highest BCUT2D eigenvalue weighted by molar-refractivity contribution is 5.91. The fourth-order valence-electron chi connectivity index (χ4n) is 10.5. The molecule has 3 aliphatic rings. The number of hydrogen-bond donors (Lipinski definition) is 3. The van der Waals surface area contributed by atoms with E-state index in [9.17, 15) is 14.4 Å². The molecular weight excluding hydrogens is 979 g/mol. The van der Waals surface area contributed by atoms with Gasteiger partial charge in [0.1, 0.15) is 6.33 Å². The first-order valence-electron chi connectivity index (χ1n) is 28.7. The summed E-state index contributed by atoms with van der Waals surface area (Å²) < 4.78 is 15.4. The van der Waals surface area contributed by atoms with Gasteiger partial charge in [0, 0.05) is 50.3 Å². The van der Waals surface area contributed by atoms with Crippen molar-refractivity contribution >= 4 is 35.0 Å². The molecule has 0 atom stereocenters. The number of hydrogen-bond acceptors (Lipinski definition) is 15. The maximum Gasteiger partial charge on any atom is 0.339 e. The monoisotopic (exact) mass is 1060 g/mol. The molecule has 15 nitrogen and oxygen atoms in total. The second-order valence-corrected chi connectivity index (χ2v) is 20.5. The second-order valence-electron chi connectivity index (χ2n) is 20.5. The molecule has 0 saturated heterocycles. The summed E-state index contributed by atoms with van der Waals surface area (Å²) in [6.07, 6.45) is 34.1. The quantitative estimate of drug-likeness (QED) is 0.0455. The lowest BCUT2D eigenvalue weighted by atomic mass is 9.85. The highest BCUT2D eigenvalue weighted by Gasteiger charge is 2.22. The van der Waals surface area contributed by atoms with Crippen LogP contribution in [0.4, 0.5) is 17.1 Å². The Kier molecular flexibility index (Phi) is 24.3. The van der Waals surface area contributed by atoms with Crippen molar-refractivity contribution < 1.29 is 28.6 Å². The molecule has 6 aromatic rings. The summed E-state index contributed by atoms with van der Waals surface area (Å²) in [5.74, 6) is 1.08. The predicted molar refractivity (Wildman–Crippen MR) is 306 cm³/mol. The molecule has 3 fully saturated rings. The lowest BCUT2D eigenvalue weighted by molar-refractivity contribution is 0.0516. The topological polar surface area (TPSA) is 192 Å². The van der Waals surface area contributed by atoms with Crippen molar-refractivity contribution in [2.45, 2.75) is 156 Å². The summed E-state index contributed by atoms with van der Waals surface area (Å²) in [7, 11) is 0. The van der Waals surface area contributed by atoms with Crippen molar-refractivity contribution in [3.63, 3.8) is 0 Å². The number of pyridine rings is 4. The van der Waals surface area contributed by atoms with Crippen LogP contribution in [0.1, 0.15) is 182 Å². The van der Waals surface area contributed by atoms with Gasteiger partial charge in [0.05, 0.1) is 82.9 Å². The number of carbonyl (C=O) groups excluding carboxylic acids is 3. The van der Waals surface area contributed by atoms with E-state index in [1.54, 1.807) is 44.1 Å². The first kappa shape index (κ1) is 58.4. The van der Waals surface area contributed by atoms with E-state index in [1.165, 1.54) is 108 Å².